The van der Waals surface area contributed by atoms with Crippen molar-refractivity contribution >= 4 is 0 Å². The lowest BCUT2D eigenvalue weighted by Crippen LogP contribution is -2.48. The smallest absolute Gasteiger partial charge is 0.0608 e. The molecule has 0 heterocycles. The largest absolute Gasteiger partial charge is 0.375 e. The first-order chi connectivity index (χ1) is 6.49. The van der Waals surface area contributed by atoms with E-state index in [1.54, 1.807) is 0 Å². The Morgan fingerprint density at radius 3 is 2.21 bits per heavy atom. The molecular formula is C12H25NO. The van der Waals surface area contributed by atoms with Crippen molar-refractivity contribution in [1.82, 2.24) is 4.90 Å². The molecule has 0 unspecified atom stereocenters. The first-order valence-electron chi connectivity index (χ1n) is 5.84. The van der Waals surface area contributed by atoms with Gasteiger partial charge in [-0.05, 0) is 39.7 Å². The van der Waals surface area contributed by atoms with Gasteiger partial charge in [-0.15, -0.1) is 0 Å². The standard InChI is InChI=1S/C12H25NO/c1-9(2)8-13(5)11-6-12(7-11)14-10(3)4/h9-12H,6-8H2,1-5H3. The highest BCUT2D eigenvalue weighted by atomic mass is 16.5. The van der Waals surface area contributed by atoms with Crippen molar-refractivity contribution < 1.29 is 4.74 Å². The third kappa shape index (κ3) is 3.58. The van der Waals surface area contributed by atoms with Crippen molar-refractivity contribution in [3.8, 4) is 0 Å². The summed E-state index contributed by atoms with van der Waals surface area (Å²) < 4.78 is 5.74. The quantitative estimate of drug-likeness (QED) is 0.674. The van der Waals surface area contributed by atoms with E-state index in [1.807, 2.05) is 0 Å². The van der Waals surface area contributed by atoms with E-state index in [9.17, 15) is 0 Å². The molecule has 0 aliphatic heterocycles. The lowest BCUT2D eigenvalue weighted by molar-refractivity contribution is -0.0735. The molecule has 0 atom stereocenters. The normalized spacial score (nSPS) is 27.4. The number of rotatable bonds is 5. The number of hydrogen-bond donors (Lipinski definition) is 0. The minimum Gasteiger partial charge on any atom is -0.375 e. The zero-order valence-electron chi connectivity index (χ0n) is 10.3. The van der Waals surface area contributed by atoms with Gasteiger partial charge in [0, 0.05) is 12.6 Å². The maximum atomic E-state index is 5.74. The van der Waals surface area contributed by atoms with Gasteiger partial charge < -0.3 is 9.64 Å². The number of nitrogens with zero attached hydrogens (tertiary/aromatic N) is 1. The Balaban J connectivity index is 2.14. The Bertz CT molecular complexity index is 162. The third-order valence-corrected chi connectivity index (χ3v) is 2.81. The van der Waals surface area contributed by atoms with Crippen LogP contribution in [0.25, 0.3) is 0 Å². The van der Waals surface area contributed by atoms with Gasteiger partial charge in [-0.1, -0.05) is 13.8 Å². The molecular weight excluding hydrogens is 174 g/mol. The Morgan fingerprint density at radius 2 is 1.79 bits per heavy atom. The van der Waals surface area contributed by atoms with Gasteiger partial charge in [-0.2, -0.15) is 0 Å². The molecule has 0 saturated heterocycles. The van der Waals surface area contributed by atoms with E-state index in [0.29, 0.717) is 12.2 Å². The second kappa shape index (κ2) is 5.13. The highest BCUT2D eigenvalue weighted by Gasteiger charge is 2.33. The van der Waals surface area contributed by atoms with Crippen molar-refractivity contribution in [1.29, 1.82) is 0 Å². The van der Waals surface area contributed by atoms with E-state index < -0.39 is 0 Å². The predicted octanol–water partition coefficient (Wildman–Crippen LogP) is 2.53. The van der Waals surface area contributed by atoms with Crippen LogP contribution in [0.1, 0.15) is 40.5 Å². The van der Waals surface area contributed by atoms with Crippen molar-refractivity contribution in [2.45, 2.75) is 58.8 Å². The topological polar surface area (TPSA) is 12.5 Å². The Labute approximate surface area is 88.6 Å². The van der Waals surface area contributed by atoms with E-state index in [0.717, 1.165) is 12.0 Å². The molecule has 1 aliphatic carbocycles. The molecule has 0 radical (unpaired) electrons. The summed E-state index contributed by atoms with van der Waals surface area (Å²) in [6.45, 7) is 9.99. The average Bonchev–Trinajstić information content (AvgIpc) is 1.93. The molecule has 1 aliphatic rings. The van der Waals surface area contributed by atoms with Crippen LogP contribution in [0.5, 0.6) is 0 Å². The molecule has 0 amide bonds. The maximum Gasteiger partial charge on any atom is 0.0608 e. The van der Waals surface area contributed by atoms with E-state index in [2.05, 4.69) is 39.6 Å². The fourth-order valence-electron chi connectivity index (χ4n) is 2.12. The zero-order valence-corrected chi connectivity index (χ0v) is 10.3. The van der Waals surface area contributed by atoms with Crippen LogP contribution in [-0.2, 0) is 4.74 Å². The molecule has 0 spiro atoms. The van der Waals surface area contributed by atoms with Crippen LogP contribution in [-0.4, -0.2) is 36.7 Å². The second-order valence-electron chi connectivity index (χ2n) is 5.27. The van der Waals surface area contributed by atoms with Gasteiger partial charge in [-0.3, -0.25) is 0 Å². The monoisotopic (exact) mass is 199 g/mol. The molecule has 1 fully saturated rings. The highest BCUT2D eigenvalue weighted by molar-refractivity contribution is 4.87. The summed E-state index contributed by atoms with van der Waals surface area (Å²) in [7, 11) is 2.23. The fraction of sp³-hybridized carbons (Fsp3) is 1.00. The molecule has 0 bridgehead atoms. The Kier molecular flexibility index (Phi) is 4.39. The van der Waals surface area contributed by atoms with Gasteiger partial charge in [0.15, 0.2) is 0 Å². The molecule has 14 heavy (non-hydrogen) atoms. The van der Waals surface area contributed by atoms with E-state index >= 15 is 0 Å². The third-order valence-electron chi connectivity index (χ3n) is 2.81. The van der Waals surface area contributed by atoms with Gasteiger partial charge in [-0.25, -0.2) is 0 Å². The number of ether oxygens (including phenoxy) is 1. The van der Waals surface area contributed by atoms with Gasteiger partial charge >= 0.3 is 0 Å². The van der Waals surface area contributed by atoms with Crippen molar-refractivity contribution in [3.05, 3.63) is 0 Å². The van der Waals surface area contributed by atoms with Crippen molar-refractivity contribution in [3.63, 3.8) is 0 Å². The van der Waals surface area contributed by atoms with Gasteiger partial charge in [0.1, 0.15) is 0 Å². The molecule has 0 aromatic heterocycles. The fourth-order valence-corrected chi connectivity index (χ4v) is 2.12. The van der Waals surface area contributed by atoms with Crippen LogP contribution >= 0.6 is 0 Å². The first-order valence-corrected chi connectivity index (χ1v) is 5.84. The van der Waals surface area contributed by atoms with Gasteiger partial charge in [0.05, 0.1) is 12.2 Å². The molecule has 1 saturated carbocycles. The predicted molar refractivity (Wildman–Crippen MR) is 60.5 cm³/mol. The summed E-state index contributed by atoms with van der Waals surface area (Å²) in [6, 6.07) is 0.765. The van der Waals surface area contributed by atoms with Crippen LogP contribution < -0.4 is 0 Å². The Morgan fingerprint density at radius 1 is 1.21 bits per heavy atom. The first kappa shape index (κ1) is 12.0. The van der Waals surface area contributed by atoms with Crippen LogP contribution in [0.15, 0.2) is 0 Å². The van der Waals surface area contributed by atoms with Crippen LogP contribution in [0, 0.1) is 5.92 Å². The second-order valence-corrected chi connectivity index (χ2v) is 5.27. The Hall–Kier alpha value is -0.0800. The van der Waals surface area contributed by atoms with Crippen molar-refractivity contribution in [2.75, 3.05) is 13.6 Å². The van der Waals surface area contributed by atoms with Crippen LogP contribution in [0.2, 0.25) is 0 Å². The summed E-state index contributed by atoms with van der Waals surface area (Å²) in [4.78, 5) is 2.48. The lowest BCUT2D eigenvalue weighted by atomic mass is 9.87. The van der Waals surface area contributed by atoms with E-state index in [4.69, 9.17) is 4.74 Å². The summed E-state index contributed by atoms with van der Waals surface area (Å²) in [5.74, 6) is 0.769. The van der Waals surface area contributed by atoms with Crippen molar-refractivity contribution in [2.24, 2.45) is 5.92 Å². The minimum absolute atomic E-state index is 0.386. The average molecular weight is 199 g/mol. The summed E-state index contributed by atoms with van der Waals surface area (Å²) >= 11 is 0. The lowest BCUT2D eigenvalue weighted by Gasteiger charge is -2.42. The summed E-state index contributed by atoms with van der Waals surface area (Å²) in [5.41, 5.74) is 0. The van der Waals surface area contributed by atoms with E-state index in [-0.39, 0.29) is 0 Å². The molecule has 0 aromatic carbocycles. The molecule has 2 nitrogen and oxygen atoms in total. The van der Waals surface area contributed by atoms with Crippen LogP contribution in [0.4, 0.5) is 0 Å². The van der Waals surface area contributed by atoms with Gasteiger partial charge in [0.25, 0.3) is 0 Å². The molecule has 1 rings (SSSR count). The minimum atomic E-state index is 0.386. The van der Waals surface area contributed by atoms with Gasteiger partial charge in [0.2, 0.25) is 0 Å². The molecule has 0 aromatic rings. The molecule has 0 N–H and O–H groups in total. The molecule has 84 valence electrons. The maximum absolute atomic E-state index is 5.74. The van der Waals surface area contributed by atoms with E-state index in [1.165, 1.54) is 19.4 Å². The van der Waals surface area contributed by atoms with Crippen LogP contribution in [0.3, 0.4) is 0 Å². The zero-order chi connectivity index (χ0) is 10.7. The molecule has 2 heteroatoms. The number of hydrogen-bond acceptors (Lipinski definition) is 2. The highest BCUT2D eigenvalue weighted by Crippen LogP contribution is 2.28. The summed E-state index contributed by atoms with van der Waals surface area (Å²) in [5, 5.41) is 0. The SMILES string of the molecule is CC(C)CN(C)C1CC(OC(C)C)C1. The summed E-state index contributed by atoms with van der Waals surface area (Å²) in [6.07, 6.45) is 3.36.